The van der Waals surface area contributed by atoms with Gasteiger partial charge in [-0.05, 0) is 29.3 Å². The van der Waals surface area contributed by atoms with Gasteiger partial charge < -0.3 is 0 Å². The van der Waals surface area contributed by atoms with Crippen LogP contribution in [0.3, 0.4) is 0 Å². The van der Waals surface area contributed by atoms with Gasteiger partial charge >= 0.3 is 0 Å². The van der Waals surface area contributed by atoms with Gasteiger partial charge in [0.2, 0.25) is 0 Å². The summed E-state index contributed by atoms with van der Waals surface area (Å²) in [5, 5.41) is 2.43. The van der Waals surface area contributed by atoms with E-state index in [-0.39, 0.29) is 0 Å². The Kier molecular flexibility index (Phi) is 8.32. The fourth-order valence-electron chi connectivity index (χ4n) is 7.24. The first-order valence-electron chi connectivity index (χ1n) is 18.3. The van der Waals surface area contributed by atoms with Gasteiger partial charge in [-0.25, -0.2) is 19.9 Å². The molecule has 3 heterocycles. The third-order valence-electron chi connectivity index (χ3n) is 9.95. The highest BCUT2D eigenvalue weighted by Crippen LogP contribution is 2.43. The number of benzene rings is 7. The molecular weight excluding hydrogens is 689 g/mol. The lowest BCUT2D eigenvalue weighted by Crippen LogP contribution is -1.97. The van der Waals surface area contributed by atoms with Crippen molar-refractivity contribution >= 4 is 31.5 Å². The smallest absolute Gasteiger partial charge is 0.161 e. The van der Waals surface area contributed by atoms with E-state index in [0.717, 1.165) is 67.3 Å². The van der Waals surface area contributed by atoms with Crippen molar-refractivity contribution < 1.29 is 0 Å². The summed E-state index contributed by atoms with van der Waals surface area (Å²) < 4.78 is 2.41. The summed E-state index contributed by atoms with van der Waals surface area (Å²) in [6.45, 7) is 0. The first-order chi connectivity index (χ1) is 27.2. The second kappa shape index (κ2) is 14.0. The lowest BCUT2D eigenvalue weighted by atomic mass is 9.97. The van der Waals surface area contributed by atoms with Crippen LogP contribution in [0.25, 0.3) is 99.1 Å². The summed E-state index contributed by atoms with van der Waals surface area (Å²) in [6, 6.07) is 67.2. The van der Waals surface area contributed by atoms with Crippen LogP contribution in [0.1, 0.15) is 0 Å². The zero-order chi connectivity index (χ0) is 36.6. The van der Waals surface area contributed by atoms with Crippen molar-refractivity contribution in [1.82, 2.24) is 19.9 Å². The van der Waals surface area contributed by atoms with Crippen molar-refractivity contribution in [2.24, 2.45) is 0 Å². The summed E-state index contributed by atoms with van der Waals surface area (Å²) in [5.74, 6) is 1.41. The molecule has 55 heavy (non-hydrogen) atoms. The second-order valence-electron chi connectivity index (χ2n) is 13.4. The van der Waals surface area contributed by atoms with E-state index in [1.54, 1.807) is 11.3 Å². The van der Waals surface area contributed by atoms with Crippen LogP contribution < -0.4 is 0 Å². The zero-order valence-electron chi connectivity index (χ0n) is 29.7. The SMILES string of the molecule is c1ccc(-c2cc(-c3cccc4c3sc3cc(-c5ccccc5-c5nc(-c6ccccc6)cc(-c6ccccc6)n5)ccc34)nc(-c3ccccc3)n2)cc1. The molecular formula is C50H32N4S. The van der Waals surface area contributed by atoms with Crippen LogP contribution in [0, 0.1) is 0 Å². The molecule has 0 spiro atoms. The molecule has 0 fully saturated rings. The third-order valence-corrected chi connectivity index (χ3v) is 11.1. The van der Waals surface area contributed by atoms with Gasteiger partial charge in [0.15, 0.2) is 11.6 Å². The fourth-order valence-corrected chi connectivity index (χ4v) is 8.50. The van der Waals surface area contributed by atoms with Gasteiger partial charge in [-0.2, -0.15) is 0 Å². The molecule has 4 nitrogen and oxygen atoms in total. The Morgan fingerprint density at radius 3 is 1.36 bits per heavy atom. The number of hydrogen-bond acceptors (Lipinski definition) is 5. The quantitative estimate of drug-likeness (QED) is 0.164. The minimum absolute atomic E-state index is 0.696. The highest BCUT2D eigenvalue weighted by atomic mass is 32.1. The Morgan fingerprint density at radius 2 is 0.764 bits per heavy atom. The summed E-state index contributed by atoms with van der Waals surface area (Å²) >= 11 is 1.80. The minimum Gasteiger partial charge on any atom is -0.228 e. The number of thiophene rings is 1. The monoisotopic (exact) mass is 720 g/mol. The summed E-state index contributed by atoms with van der Waals surface area (Å²) in [5.41, 5.74) is 12.0. The first-order valence-corrected chi connectivity index (χ1v) is 19.1. The average Bonchev–Trinajstić information content (AvgIpc) is 3.65. The van der Waals surface area contributed by atoms with Gasteiger partial charge in [0.05, 0.1) is 22.8 Å². The van der Waals surface area contributed by atoms with Gasteiger partial charge in [0, 0.05) is 53.6 Å². The Bertz CT molecular complexity index is 2850. The lowest BCUT2D eigenvalue weighted by molar-refractivity contribution is 1.18. The molecule has 3 aromatic heterocycles. The molecule has 5 heteroatoms. The van der Waals surface area contributed by atoms with Crippen LogP contribution in [0.5, 0.6) is 0 Å². The molecule has 258 valence electrons. The molecule has 0 radical (unpaired) electrons. The Balaban J connectivity index is 1.11. The highest BCUT2D eigenvalue weighted by Gasteiger charge is 2.18. The van der Waals surface area contributed by atoms with E-state index in [1.165, 1.54) is 20.2 Å². The Hall–Kier alpha value is -7.08. The van der Waals surface area contributed by atoms with E-state index in [4.69, 9.17) is 19.9 Å². The molecule has 0 aliphatic carbocycles. The minimum atomic E-state index is 0.696. The Labute approximate surface area is 323 Å². The van der Waals surface area contributed by atoms with Gasteiger partial charge in [-0.1, -0.05) is 176 Å². The second-order valence-corrected chi connectivity index (χ2v) is 14.5. The molecule has 10 rings (SSSR count). The van der Waals surface area contributed by atoms with Crippen molar-refractivity contribution in [3.63, 3.8) is 0 Å². The molecule has 0 atom stereocenters. The normalized spacial score (nSPS) is 11.3. The topological polar surface area (TPSA) is 51.6 Å². The van der Waals surface area contributed by atoms with Gasteiger partial charge in [0.1, 0.15) is 0 Å². The van der Waals surface area contributed by atoms with Crippen LogP contribution in [-0.2, 0) is 0 Å². The molecule has 0 amide bonds. The van der Waals surface area contributed by atoms with Gasteiger partial charge in [-0.3, -0.25) is 0 Å². The zero-order valence-corrected chi connectivity index (χ0v) is 30.5. The maximum absolute atomic E-state index is 5.17. The predicted molar refractivity (Wildman–Crippen MR) is 229 cm³/mol. The largest absolute Gasteiger partial charge is 0.228 e. The maximum Gasteiger partial charge on any atom is 0.161 e. The van der Waals surface area contributed by atoms with Crippen LogP contribution in [-0.4, -0.2) is 19.9 Å². The first kappa shape index (κ1) is 32.6. The van der Waals surface area contributed by atoms with E-state index >= 15 is 0 Å². The standard InChI is InChI=1S/C50H32N4S/c1-5-16-33(17-6-1)43-31-44(34-18-7-2-8-19-34)53-50(52-43)41-25-14-13-24-38(41)37-28-29-39-40-26-15-27-42(48(40)55-47(39)30-37)46-32-45(35-20-9-3-10-21-35)51-49(54-46)36-22-11-4-12-23-36/h1-32H. The average molecular weight is 721 g/mol. The van der Waals surface area contributed by atoms with Crippen molar-refractivity contribution in [2.75, 3.05) is 0 Å². The van der Waals surface area contributed by atoms with E-state index < -0.39 is 0 Å². The summed E-state index contributed by atoms with van der Waals surface area (Å²) in [4.78, 5) is 20.5. The number of fused-ring (bicyclic) bond motifs is 3. The fraction of sp³-hybridized carbons (Fsp3) is 0. The van der Waals surface area contributed by atoms with Crippen molar-refractivity contribution in [3.05, 3.63) is 194 Å². The molecule has 0 saturated heterocycles. The van der Waals surface area contributed by atoms with Gasteiger partial charge in [0.25, 0.3) is 0 Å². The summed E-state index contributed by atoms with van der Waals surface area (Å²) in [7, 11) is 0. The van der Waals surface area contributed by atoms with Crippen LogP contribution in [0.2, 0.25) is 0 Å². The molecule has 0 aliphatic heterocycles. The Morgan fingerprint density at radius 1 is 0.291 bits per heavy atom. The van der Waals surface area contributed by atoms with Crippen LogP contribution in [0.4, 0.5) is 0 Å². The molecule has 0 bridgehead atoms. The molecule has 0 N–H and O–H groups in total. The number of aromatic nitrogens is 4. The molecule has 0 unspecified atom stereocenters. The predicted octanol–water partition coefficient (Wildman–Crippen LogP) is 13.3. The number of nitrogens with zero attached hydrogens (tertiary/aromatic N) is 4. The van der Waals surface area contributed by atoms with E-state index in [0.29, 0.717) is 11.6 Å². The molecule has 0 saturated carbocycles. The third kappa shape index (κ3) is 6.27. The van der Waals surface area contributed by atoms with Crippen molar-refractivity contribution in [3.8, 4) is 78.9 Å². The molecule has 7 aromatic carbocycles. The number of hydrogen-bond donors (Lipinski definition) is 0. The number of rotatable bonds is 7. The van der Waals surface area contributed by atoms with E-state index in [1.807, 2.05) is 60.7 Å². The summed E-state index contributed by atoms with van der Waals surface area (Å²) in [6.07, 6.45) is 0. The van der Waals surface area contributed by atoms with Gasteiger partial charge in [-0.15, -0.1) is 11.3 Å². The van der Waals surface area contributed by atoms with E-state index in [2.05, 4.69) is 133 Å². The van der Waals surface area contributed by atoms with Crippen LogP contribution in [0.15, 0.2) is 194 Å². The lowest BCUT2D eigenvalue weighted by Gasteiger charge is -2.13. The van der Waals surface area contributed by atoms with Crippen molar-refractivity contribution in [2.45, 2.75) is 0 Å². The van der Waals surface area contributed by atoms with E-state index in [9.17, 15) is 0 Å². The van der Waals surface area contributed by atoms with Crippen LogP contribution >= 0.6 is 11.3 Å². The molecule has 10 aromatic rings. The molecule has 0 aliphatic rings. The van der Waals surface area contributed by atoms with Crippen molar-refractivity contribution in [1.29, 1.82) is 0 Å². The maximum atomic E-state index is 5.17. The highest BCUT2D eigenvalue weighted by molar-refractivity contribution is 7.26.